The van der Waals surface area contributed by atoms with Gasteiger partial charge in [-0.25, -0.2) is 8.42 Å². The van der Waals surface area contributed by atoms with Crippen molar-refractivity contribution in [2.45, 2.75) is 24.2 Å². The van der Waals surface area contributed by atoms with Crippen LogP contribution in [0.15, 0.2) is 23.1 Å². The molecule has 0 heterocycles. The minimum Gasteiger partial charge on any atom is -0.508 e. The van der Waals surface area contributed by atoms with Crippen LogP contribution in [0.3, 0.4) is 0 Å². The van der Waals surface area contributed by atoms with Crippen LogP contribution < -0.4 is 0 Å². The summed E-state index contributed by atoms with van der Waals surface area (Å²) in [6.07, 6.45) is 0.895. The van der Waals surface area contributed by atoms with Gasteiger partial charge in [-0.3, -0.25) is 4.79 Å². The lowest BCUT2D eigenvalue weighted by atomic mass is 9.97. The number of carbonyl (C=O) groups is 1. The predicted molar refractivity (Wildman–Crippen MR) is 61.9 cm³/mol. The molecule has 0 aliphatic rings. The van der Waals surface area contributed by atoms with Gasteiger partial charge in [0.15, 0.2) is 9.84 Å². The summed E-state index contributed by atoms with van der Waals surface area (Å²) in [6, 6.07) is 3.88. The lowest BCUT2D eigenvalue weighted by Crippen LogP contribution is -2.05. The molecule has 2 N–H and O–H groups in total. The molecule has 0 saturated carbocycles. The fraction of sp³-hybridized carbons (Fsp3) is 0.364. The van der Waals surface area contributed by atoms with Gasteiger partial charge in [0.1, 0.15) is 5.75 Å². The minimum absolute atomic E-state index is 0.0718. The zero-order valence-electron chi connectivity index (χ0n) is 9.54. The van der Waals surface area contributed by atoms with Crippen molar-refractivity contribution in [3.05, 3.63) is 23.8 Å². The van der Waals surface area contributed by atoms with E-state index < -0.39 is 21.7 Å². The molecule has 0 radical (unpaired) electrons. The van der Waals surface area contributed by atoms with E-state index >= 15 is 0 Å². The smallest absolute Gasteiger partial charge is 0.303 e. The number of carboxylic acids is 1. The average Bonchev–Trinajstić information content (AvgIpc) is 2.15. The normalized spacial score (nSPS) is 13.3. The number of hydrogen-bond acceptors (Lipinski definition) is 4. The van der Waals surface area contributed by atoms with Crippen LogP contribution in [0.5, 0.6) is 5.75 Å². The molecular weight excluding hydrogens is 244 g/mol. The number of carboxylic acid groups (broad SMARTS) is 1. The Morgan fingerprint density at radius 3 is 2.47 bits per heavy atom. The van der Waals surface area contributed by atoms with Crippen molar-refractivity contribution in [1.29, 1.82) is 0 Å². The van der Waals surface area contributed by atoms with E-state index in [1.165, 1.54) is 18.2 Å². The summed E-state index contributed by atoms with van der Waals surface area (Å²) in [7, 11) is -3.36. The lowest BCUT2D eigenvalue weighted by molar-refractivity contribution is -0.137. The Bertz CT molecular complexity index is 533. The molecule has 1 aromatic carbocycles. The summed E-state index contributed by atoms with van der Waals surface area (Å²) in [4.78, 5) is 10.6. The van der Waals surface area contributed by atoms with E-state index in [1.54, 1.807) is 6.92 Å². The van der Waals surface area contributed by atoms with Crippen LogP contribution in [-0.4, -0.2) is 30.9 Å². The van der Waals surface area contributed by atoms with Crippen LogP contribution >= 0.6 is 0 Å². The minimum atomic E-state index is -3.36. The Kier molecular flexibility index (Phi) is 3.77. The maximum Gasteiger partial charge on any atom is 0.303 e. The molecule has 0 amide bonds. The van der Waals surface area contributed by atoms with Crippen molar-refractivity contribution in [2.24, 2.45) is 0 Å². The van der Waals surface area contributed by atoms with E-state index in [0.29, 0.717) is 5.56 Å². The van der Waals surface area contributed by atoms with Gasteiger partial charge in [0, 0.05) is 6.26 Å². The first-order valence-corrected chi connectivity index (χ1v) is 6.85. The molecule has 0 saturated heterocycles. The molecular formula is C11H14O5S. The Morgan fingerprint density at radius 1 is 1.41 bits per heavy atom. The molecule has 0 bridgehead atoms. The van der Waals surface area contributed by atoms with E-state index in [-0.39, 0.29) is 17.1 Å². The Morgan fingerprint density at radius 2 is 2.00 bits per heavy atom. The van der Waals surface area contributed by atoms with Crippen molar-refractivity contribution >= 4 is 15.8 Å². The second-order valence-electron chi connectivity index (χ2n) is 3.99. The number of sulfone groups is 1. The number of hydrogen-bond donors (Lipinski definition) is 2. The Hall–Kier alpha value is -1.56. The highest BCUT2D eigenvalue weighted by Crippen LogP contribution is 2.30. The Balaban J connectivity index is 3.19. The first-order valence-electron chi connectivity index (χ1n) is 4.96. The fourth-order valence-electron chi connectivity index (χ4n) is 1.53. The lowest BCUT2D eigenvalue weighted by Gasteiger charge is -2.12. The monoisotopic (exact) mass is 258 g/mol. The van der Waals surface area contributed by atoms with Crippen molar-refractivity contribution in [3.63, 3.8) is 0 Å². The molecule has 0 aromatic heterocycles. The highest BCUT2D eigenvalue weighted by Gasteiger charge is 2.17. The molecule has 6 heteroatoms. The zero-order valence-corrected chi connectivity index (χ0v) is 10.4. The molecule has 0 fully saturated rings. The van der Waals surface area contributed by atoms with Gasteiger partial charge in [0.25, 0.3) is 0 Å². The van der Waals surface area contributed by atoms with Crippen LogP contribution in [0.25, 0.3) is 0 Å². The third kappa shape index (κ3) is 3.45. The van der Waals surface area contributed by atoms with Gasteiger partial charge in [0.05, 0.1) is 11.3 Å². The van der Waals surface area contributed by atoms with E-state index in [0.717, 1.165) is 6.26 Å². The summed E-state index contributed by atoms with van der Waals surface area (Å²) < 4.78 is 22.7. The summed E-state index contributed by atoms with van der Waals surface area (Å²) in [5.74, 6) is -1.54. The van der Waals surface area contributed by atoms with E-state index in [4.69, 9.17) is 5.11 Å². The fourth-order valence-corrected chi connectivity index (χ4v) is 2.19. The Labute approximate surface area is 99.6 Å². The maximum absolute atomic E-state index is 11.3. The van der Waals surface area contributed by atoms with Crippen molar-refractivity contribution in [1.82, 2.24) is 0 Å². The van der Waals surface area contributed by atoms with E-state index in [2.05, 4.69) is 0 Å². The standard InChI is InChI=1S/C11H14O5S/c1-7(5-11(13)14)9-6-8(17(2,15)16)3-4-10(9)12/h3-4,6-7,12H,5H2,1-2H3,(H,13,14). The highest BCUT2D eigenvalue weighted by molar-refractivity contribution is 7.90. The largest absolute Gasteiger partial charge is 0.508 e. The van der Waals surface area contributed by atoms with Crippen LogP contribution in [-0.2, 0) is 14.6 Å². The summed E-state index contributed by atoms with van der Waals surface area (Å²) in [5, 5.41) is 18.3. The number of benzene rings is 1. The average molecular weight is 258 g/mol. The van der Waals surface area contributed by atoms with E-state index in [1.807, 2.05) is 0 Å². The van der Waals surface area contributed by atoms with Crippen LogP contribution in [0, 0.1) is 0 Å². The van der Waals surface area contributed by atoms with Gasteiger partial charge in [-0.15, -0.1) is 0 Å². The zero-order chi connectivity index (χ0) is 13.2. The van der Waals surface area contributed by atoms with E-state index in [9.17, 15) is 18.3 Å². The number of phenolic OH excluding ortho intramolecular Hbond substituents is 1. The first-order chi connectivity index (χ1) is 7.71. The molecule has 1 aromatic rings. The molecule has 94 valence electrons. The van der Waals surface area contributed by atoms with Crippen molar-refractivity contribution in [3.8, 4) is 5.75 Å². The van der Waals surface area contributed by atoms with Gasteiger partial charge >= 0.3 is 5.97 Å². The maximum atomic E-state index is 11.3. The molecule has 1 rings (SSSR count). The molecule has 0 aliphatic heterocycles. The third-order valence-corrected chi connectivity index (χ3v) is 3.55. The molecule has 5 nitrogen and oxygen atoms in total. The number of rotatable bonds is 4. The molecule has 0 aliphatic carbocycles. The number of aliphatic carboxylic acids is 1. The quantitative estimate of drug-likeness (QED) is 0.851. The van der Waals surface area contributed by atoms with Gasteiger partial charge < -0.3 is 10.2 Å². The van der Waals surface area contributed by atoms with Crippen LogP contribution in [0.1, 0.15) is 24.8 Å². The van der Waals surface area contributed by atoms with Crippen LogP contribution in [0.4, 0.5) is 0 Å². The number of phenols is 1. The molecule has 1 unspecified atom stereocenters. The van der Waals surface area contributed by atoms with Crippen molar-refractivity contribution < 1.29 is 23.4 Å². The second-order valence-corrected chi connectivity index (χ2v) is 6.01. The molecule has 0 spiro atoms. The first kappa shape index (κ1) is 13.5. The van der Waals surface area contributed by atoms with Crippen LogP contribution in [0.2, 0.25) is 0 Å². The topological polar surface area (TPSA) is 91.7 Å². The number of aromatic hydroxyl groups is 1. The molecule has 17 heavy (non-hydrogen) atoms. The second kappa shape index (κ2) is 4.75. The summed E-state index contributed by atoms with van der Waals surface area (Å²) in [6.45, 7) is 1.62. The third-order valence-electron chi connectivity index (χ3n) is 2.44. The summed E-state index contributed by atoms with van der Waals surface area (Å²) >= 11 is 0. The highest BCUT2D eigenvalue weighted by atomic mass is 32.2. The predicted octanol–water partition coefficient (Wildman–Crippen LogP) is 1.37. The van der Waals surface area contributed by atoms with Crippen molar-refractivity contribution in [2.75, 3.05) is 6.26 Å². The SMILES string of the molecule is CC(CC(=O)O)c1cc(S(C)(=O)=O)ccc1O. The van der Waals surface area contributed by atoms with Gasteiger partial charge in [-0.2, -0.15) is 0 Å². The molecule has 1 atom stereocenters. The summed E-state index contributed by atoms with van der Waals surface area (Å²) in [5.41, 5.74) is 0.329. The van der Waals surface area contributed by atoms with Gasteiger partial charge in [0.2, 0.25) is 0 Å². The van der Waals surface area contributed by atoms with Gasteiger partial charge in [-0.05, 0) is 29.7 Å². The van der Waals surface area contributed by atoms with Gasteiger partial charge in [-0.1, -0.05) is 6.92 Å².